The van der Waals surface area contributed by atoms with E-state index < -0.39 is 12.2 Å². The number of hydrogen-bond donors (Lipinski definition) is 1. The zero-order valence-corrected chi connectivity index (χ0v) is 19.6. The molecule has 9 heteroatoms. The van der Waals surface area contributed by atoms with Crippen LogP contribution >= 0.6 is 0 Å². The van der Waals surface area contributed by atoms with Crippen LogP contribution in [0, 0.1) is 18.3 Å². The number of carbonyl (C=O) groups is 3. The van der Waals surface area contributed by atoms with Gasteiger partial charge in [-0.2, -0.15) is 0 Å². The van der Waals surface area contributed by atoms with Gasteiger partial charge in [-0.25, -0.2) is 14.8 Å². The Bertz CT molecular complexity index is 885. The molecular formula is C24H33N5O4. The highest BCUT2D eigenvalue weighted by atomic mass is 16.5. The number of likely N-dealkylation sites (N-methyl/N-ethyl adjacent to an activating group) is 1. The van der Waals surface area contributed by atoms with E-state index in [-0.39, 0.29) is 43.5 Å². The fourth-order valence-corrected chi connectivity index (χ4v) is 4.34. The molecule has 2 aliphatic heterocycles. The zero-order valence-electron chi connectivity index (χ0n) is 19.6. The Morgan fingerprint density at radius 2 is 2.00 bits per heavy atom. The lowest BCUT2D eigenvalue weighted by molar-refractivity contribution is -0.188. The molecule has 0 saturated carbocycles. The molecule has 9 nitrogen and oxygen atoms in total. The van der Waals surface area contributed by atoms with Gasteiger partial charge in [0.05, 0.1) is 19.7 Å². The molecule has 3 rings (SSSR count). The number of piperazine rings is 1. The van der Waals surface area contributed by atoms with Gasteiger partial charge in [0.25, 0.3) is 0 Å². The van der Waals surface area contributed by atoms with E-state index in [0.29, 0.717) is 26.1 Å². The van der Waals surface area contributed by atoms with E-state index in [0.717, 1.165) is 5.56 Å². The number of rotatable bonds is 8. The van der Waals surface area contributed by atoms with E-state index in [4.69, 9.17) is 11.2 Å². The molecule has 0 bridgehead atoms. The summed E-state index contributed by atoms with van der Waals surface area (Å²) in [4.78, 5) is 42.9. The summed E-state index contributed by atoms with van der Waals surface area (Å²) in [7, 11) is 1.71. The average molecular weight is 456 g/mol. The van der Waals surface area contributed by atoms with Gasteiger partial charge in [-0.05, 0) is 17.9 Å². The summed E-state index contributed by atoms with van der Waals surface area (Å²) < 4.78 is 5.38. The second kappa shape index (κ2) is 11.2. The molecule has 0 aliphatic carbocycles. The average Bonchev–Trinajstić information content (AvgIpc) is 2.78. The minimum atomic E-state index is -0.623. The Balaban J connectivity index is 1.82. The molecule has 4 amide bonds. The maximum Gasteiger partial charge on any atom is 0.334 e. The molecule has 1 aromatic rings. The van der Waals surface area contributed by atoms with Gasteiger partial charge in [-0.15, -0.1) is 6.42 Å². The molecule has 178 valence electrons. The van der Waals surface area contributed by atoms with E-state index >= 15 is 0 Å². The van der Waals surface area contributed by atoms with E-state index in [1.807, 2.05) is 44.2 Å². The standard InChI is InChI=1S/C24H33N5O4/c1-5-12-33-13-11-27-16-21-28(20(23(27)31)14-18(2)3)22(30)17-26(4)29(21)24(32)25-15-19-9-7-6-8-10-19/h1,6-10,18,20-21H,11-17H2,2-4H3,(H,25,32)/t20-,21?/m0/s1. The summed E-state index contributed by atoms with van der Waals surface area (Å²) in [6.07, 6.45) is 5.16. The summed E-state index contributed by atoms with van der Waals surface area (Å²) in [5, 5.41) is 6.12. The van der Waals surface area contributed by atoms with Crippen molar-refractivity contribution in [1.82, 2.24) is 25.1 Å². The van der Waals surface area contributed by atoms with Crippen molar-refractivity contribution in [2.45, 2.75) is 39.0 Å². The first kappa shape index (κ1) is 24.6. The molecule has 33 heavy (non-hydrogen) atoms. The Hall–Kier alpha value is -3.09. The van der Waals surface area contributed by atoms with Gasteiger partial charge in [0.2, 0.25) is 11.8 Å². The number of hydrazine groups is 1. The van der Waals surface area contributed by atoms with Crippen LogP contribution in [0.15, 0.2) is 30.3 Å². The lowest BCUT2D eigenvalue weighted by atomic mass is 9.97. The van der Waals surface area contributed by atoms with E-state index in [1.165, 1.54) is 0 Å². The van der Waals surface area contributed by atoms with Crippen molar-refractivity contribution in [2.24, 2.45) is 5.92 Å². The maximum atomic E-state index is 13.3. The normalized spacial score (nSPS) is 21.2. The molecule has 1 aromatic carbocycles. The van der Waals surface area contributed by atoms with E-state index in [9.17, 15) is 14.4 Å². The Labute approximate surface area is 195 Å². The van der Waals surface area contributed by atoms with Crippen molar-refractivity contribution in [3.63, 3.8) is 0 Å². The smallest absolute Gasteiger partial charge is 0.334 e. The van der Waals surface area contributed by atoms with E-state index in [1.54, 1.807) is 26.9 Å². The second-order valence-corrected chi connectivity index (χ2v) is 8.77. The van der Waals surface area contributed by atoms with Crippen LogP contribution < -0.4 is 5.32 Å². The summed E-state index contributed by atoms with van der Waals surface area (Å²) in [6.45, 7) is 5.44. The minimum absolute atomic E-state index is 0.0302. The lowest BCUT2D eigenvalue weighted by Gasteiger charge is -2.54. The van der Waals surface area contributed by atoms with Crippen LogP contribution in [0.3, 0.4) is 0 Å². The number of nitrogens with one attached hydrogen (secondary N) is 1. The number of terminal acetylenes is 1. The number of ether oxygens (including phenoxy) is 1. The number of hydrogen-bond acceptors (Lipinski definition) is 5. The highest BCUT2D eigenvalue weighted by Gasteiger charge is 2.50. The number of nitrogens with zero attached hydrogens (tertiary/aromatic N) is 4. The van der Waals surface area contributed by atoms with Crippen LogP contribution in [-0.4, -0.2) is 89.8 Å². The topological polar surface area (TPSA) is 85.4 Å². The second-order valence-electron chi connectivity index (χ2n) is 8.77. The maximum absolute atomic E-state index is 13.3. The molecule has 2 heterocycles. The molecule has 0 spiro atoms. The number of benzene rings is 1. The Morgan fingerprint density at radius 3 is 2.67 bits per heavy atom. The first-order valence-electron chi connectivity index (χ1n) is 11.3. The van der Waals surface area contributed by atoms with E-state index in [2.05, 4.69) is 11.2 Å². The zero-order chi connectivity index (χ0) is 24.0. The minimum Gasteiger partial charge on any atom is -0.367 e. The van der Waals surface area contributed by atoms with Crippen molar-refractivity contribution in [3.8, 4) is 12.3 Å². The number of carbonyl (C=O) groups excluding carboxylic acids is 3. The summed E-state index contributed by atoms with van der Waals surface area (Å²) >= 11 is 0. The third kappa shape index (κ3) is 5.83. The highest BCUT2D eigenvalue weighted by Crippen LogP contribution is 2.28. The molecule has 0 aromatic heterocycles. The van der Waals surface area contributed by atoms with Crippen molar-refractivity contribution in [3.05, 3.63) is 35.9 Å². The van der Waals surface area contributed by atoms with Gasteiger partial charge in [0, 0.05) is 20.1 Å². The van der Waals surface area contributed by atoms with Gasteiger partial charge >= 0.3 is 6.03 Å². The van der Waals surface area contributed by atoms with Crippen molar-refractivity contribution >= 4 is 17.8 Å². The lowest BCUT2D eigenvalue weighted by Crippen LogP contribution is -2.76. The van der Waals surface area contributed by atoms with Crippen molar-refractivity contribution in [1.29, 1.82) is 0 Å². The third-order valence-electron chi connectivity index (χ3n) is 5.82. The van der Waals surface area contributed by atoms with Crippen LogP contribution in [0.5, 0.6) is 0 Å². The van der Waals surface area contributed by atoms with Crippen molar-refractivity contribution in [2.75, 3.05) is 39.9 Å². The molecule has 2 aliphatic rings. The van der Waals surface area contributed by atoms with Crippen LogP contribution in [0.1, 0.15) is 25.8 Å². The van der Waals surface area contributed by atoms with Crippen molar-refractivity contribution < 1.29 is 19.1 Å². The third-order valence-corrected chi connectivity index (χ3v) is 5.82. The van der Waals surface area contributed by atoms with Gasteiger partial charge in [-0.1, -0.05) is 50.1 Å². The monoisotopic (exact) mass is 455 g/mol. The molecule has 0 radical (unpaired) electrons. The molecule has 1 N–H and O–H groups in total. The predicted octanol–water partition coefficient (Wildman–Crippen LogP) is 1.12. The predicted molar refractivity (Wildman–Crippen MR) is 123 cm³/mol. The molecule has 2 fully saturated rings. The summed E-state index contributed by atoms with van der Waals surface area (Å²) in [6, 6.07) is 8.68. The Kier molecular flexibility index (Phi) is 8.31. The first-order valence-corrected chi connectivity index (χ1v) is 11.3. The van der Waals surface area contributed by atoms with Crippen LogP contribution in [0.2, 0.25) is 0 Å². The molecular weight excluding hydrogens is 422 g/mol. The van der Waals surface area contributed by atoms with Gasteiger partial charge in [0.1, 0.15) is 18.8 Å². The molecule has 2 atom stereocenters. The molecule has 2 saturated heterocycles. The highest BCUT2D eigenvalue weighted by molar-refractivity contribution is 5.91. The van der Waals surface area contributed by atoms with Gasteiger partial charge < -0.3 is 19.9 Å². The number of fused-ring (bicyclic) bond motifs is 1. The molecule has 1 unspecified atom stereocenters. The first-order chi connectivity index (χ1) is 15.8. The SMILES string of the molecule is C#CCOCCN1CC2N(C(=O)CN(C)N2C(=O)NCc2ccccc2)[C@@H](CC(C)C)C1=O. The summed E-state index contributed by atoms with van der Waals surface area (Å²) in [5.41, 5.74) is 0.974. The summed E-state index contributed by atoms with van der Waals surface area (Å²) in [5.74, 6) is 2.34. The van der Waals surface area contributed by atoms with Crippen LogP contribution in [0.4, 0.5) is 4.79 Å². The van der Waals surface area contributed by atoms with Gasteiger partial charge in [-0.3, -0.25) is 9.59 Å². The van der Waals surface area contributed by atoms with Crippen LogP contribution in [0.25, 0.3) is 0 Å². The number of urea groups is 1. The number of amides is 4. The fourth-order valence-electron chi connectivity index (χ4n) is 4.34. The van der Waals surface area contributed by atoms with Gasteiger partial charge in [0.15, 0.2) is 0 Å². The Morgan fingerprint density at radius 1 is 1.27 bits per heavy atom. The largest absolute Gasteiger partial charge is 0.367 e. The van der Waals surface area contributed by atoms with Crippen LogP contribution in [-0.2, 0) is 20.9 Å². The quantitative estimate of drug-likeness (QED) is 0.469. The fraction of sp³-hybridized carbons (Fsp3) is 0.542.